The van der Waals surface area contributed by atoms with Crippen molar-refractivity contribution in [2.75, 3.05) is 6.54 Å². The third kappa shape index (κ3) is 3.65. The molecule has 120 valence electrons. The van der Waals surface area contributed by atoms with Crippen molar-refractivity contribution in [1.82, 2.24) is 5.32 Å². The largest absolute Gasteiger partial charge is 0.369 e. The second kappa shape index (κ2) is 7.40. The predicted molar refractivity (Wildman–Crippen MR) is 85.8 cm³/mol. The molecule has 0 aliphatic heterocycles. The summed E-state index contributed by atoms with van der Waals surface area (Å²) in [6.45, 7) is 0.329. The van der Waals surface area contributed by atoms with E-state index in [2.05, 4.69) is 5.32 Å². The highest BCUT2D eigenvalue weighted by Crippen LogP contribution is 2.36. The molecule has 0 bridgehead atoms. The molecule has 2 amide bonds. The van der Waals surface area contributed by atoms with Crippen molar-refractivity contribution in [1.29, 1.82) is 0 Å². The van der Waals surface area contributed by atoms with E-state index < -0.39 is 11.3 Å². The minimum atomic E-state index is -1.05. The second-order valence-corrected chi connectivity index (χ2v) is 6.10. The molecule has 5 N–H and O–H groups in total. The summed E-state index contributed by atoms with van der Waals surface area (Å²) in [6, 6.07) is 9.67. The first-order valence-electron chi connectivity index (χ1n) is 7.93. The number of hydrogen-bond donors (Lipinski definition) is 3. The Morgan fingerprint density at radius 2 is 1.77 bits per heavy atom. The number of nitrogens with one attached hydrogen (secondary N) is 1. The Bertz CT molecular complexity index is 510. The maximum atomic E-state index is 12.7. The van der Waals surface area contributed by atoms with E-state index in [1.54, 1.807) is 0 Å². The van der Waals surface area contributed by atoms with Crippen LogP contribution in [0.25, 0.3) is 0 Å². The van der Waals surface area contributed by atoms with Gasteiger partial charge in [-0.15, -0.1) is 0 Å². The second-order valence-electron chi connectivity index (χ2n) is 6.10. The summed E-state index contributed by atoms with van der Waals surface area (Å²) in [4.78, 5) is 24.5. The molecule has 1 aliphatic rings. The fraction of sp³-hybridized carbons (Fsp3) is 0.529. The van der Waals surface area contributed by atoms with Gasteiger partial charge in [0.2, 0.25) is 11.8 Å². The summed E-state index contributed by atoms with van der Waals surface area (Å²) < 4.78 is 0. The molecule has 0 spiro atoms. The Kier molecular flexibility index (Phi) is 5.55. The van der Waals surface area contributed by atoms with Gasteiger partial charge in [-0.25, -0.2) is 0 Å². The van der Waals surface area contributed by atoms with E-state index in [4.69, 9.17) is 11.5 Å². The van der Waals surface area contributed by atoms with Crippen molar-refractivity contribution < 1.29 is 9.59 Å². The molecular weight excluding hydrogens is 278 g/mol. The van der Waals surface area contributed by atoms with E-state index >= 15 is 0 Å². The van der Waals surface area contributed by atoms with Crippen molar-refractivity contribution in [2.24, 2.45) is 16.9 Å². The highest BCUT2D eigenvalue weighted by atomic mass is 16.2. The summed E-state index contributed by atoms with van der Waals surface area (Å²) >= 11 is 0. The SMILES string of the molecule is NC[C@@H](Cc1ccccc1)NC(=O)C1(C(N)=O)CCCCC1. The number of carbonyl (C=O) groups is 2. The van der Waals surface area contributed by atoms with Gasteiger partial charge in [-0.3, -0.25) is 9.59 Å². The first-order chi connectivity index (χ1) is 10.6. The van der Waals surface area contributed by atoms with Gasteiger partial charge in [0.25, 0.3) is 0 Å². The topological polar surface area (TPSA) is 98.2 Å². The number of nitrogens with two attached hydrogens (primary N) is 2. The van der Waals surface area contributed by atoms with Gasteiger partial charge in [-0.2, -0.15) is 0 Å². The minimum absolute atomic E-state index is 0.187. The molecule has 0 saturated heterocycles. The molecule has 2 rings (SSSR count). The van der Waals surface area contributed by atoms with Crippen molar-refractivity contribution in [3.05, 3.63) is 35.9 Å². The fourth-order valence-electron chi connectivity index (χ4n) is 3.16. The van der Waals surface area contributed by atoms with Crippen LogP contribution in [0, 0.1) is 5.41 Å². The van der Waals surface area contributed by atoms with Crippen LogP contribution in [0.4, 0.5) is 0 Å². The Balaban J connectivity index is 2.05. The number of rotatable bonds is 6. The molecule has 22 heavy (non-hydrogen) atoms. The quantitative estimate of drug-likeness (QED) is 0.686. The van der Waals surface area contributed by atoms with Gasteiger partial charge in [0, 0.05) is 12.6 Å². The zero-order valence-electron chi connectivity index (χ0n) is 12.9. The number of hydrogen-bond acceptors (Lipinski definition) is 3. The molecule has 0 aromatic heterocycles. The van der Waals surface area contributed by atoms with Gasteiger partial charge in [0.05, 0.1) is 0 Å². The molecule has 1 aromatic rings. The van der Waals surface area contributed by atoms with Crippen molar-refractivity contribution in [3.63, 3.8) is 0 Å². The lowest BCUT2D eigenvalue weighted by Gasteiger charge is -2.34. The lowest BCUT2D eigenvalue weighted by atomic mass is 9.72. The van der Waals surface area contributed by atoms with Crippen LogP contribution in [-0.2, 0) is 16.0 Å². The first kappa shape index (κ1) is 16.5. The molecule has 1 atom stereocenters. The normalized spacial score (nSPS) is 18.4. The van der Waals surface area contributed by atoms with Crippen LogP contribution in [0.1, 0.15) is 37.7 Å². The lowest BCUT2D eigenvalue weighted by molar-refractivity contribution is -0.144. The van der Waals surface area contributed by atoms with Crippen LogP contribution in [0.15, 0.2) is 30.3 Å². The van der Waals surface area contributed by atoms with Crippen molar-refractivity contribution in [3.8, 4) is 0 Å². The molecule has 1 fully saturated rings. The Hall–Kier alpha value is -1.88. The summed E-state index contributed by atoms with van der Waals surface area (Å²) in [5.41, 5.74) is 11.4. The van der Waals surface area contributed by atoms with Crippen molar-refractivity contribution >= 4 is 11.8 Å². The number of amides is 2. The highest BCUT2D eigenvalue weighted by molar-refractivity contribution is 6.04. The van der Waals surface area contributed by atoms with E-state index in [0.29, 0.717) is 25.8 Å². The molecule has 5 nitrogen and oxygen atoms in total. The molecule has 0 unspecified atom stereocenters. The molecule has 0 heterocycles. The molecule has 5 heteroatoms. The smallest absolute Gasteiger partial charge is 0.235 e. The zero-order valence-corrected chi connectivity index (χ0v) is 12.9. The number of benzene rings is 1. The van der Waals surface area contributed by atoms with Crippen LogP contribution < -0.4 is 16.8 Å². The first-order valence-corrected chi connectivity index (χ1v) is 7.93. The molecular formula is C17H25N3O2. The average molecular weight is 303 g/mol. The zero-order chi connectivity index (χ0) is 16.0. The van der Waals surface area contributed by atoms with Gasteiger partial charge in [0.1, 0.15) is 5.41 Å². The minimum Gasteiger partial charge on any atom is -0.369 e. The predicted octanol–water partition coefficient (Wildman–Crippen LogP) is 1.11. The Morgan fingerprint density at radius 1 is 1.14 bits per heavy atom. The fourth-order valence-corrected chi connectivity index (χ4v) is 3.16. The molecule has 1 saturated carbocycles. The number of primary amides is 1. The van der Waals surface area contributed by atoms with Gasteiger partial charge in [-0.05, 0) is 24.8 Å². The van der Waals surface area contributed by atoms with E-state index in [9.17, 15) is 9.59 Å². The van der Waals surface area contributed by atoms with Crippen LogP contribution >= 0.6 is 0 Å². The van der Waals surface area contributed by atoms with Gasteiger partial charge in [0.15, 0.2) is 0 Å². The van der Waals surface area contributed by atoms with Gasteiger partial charge < -0.3 is 16.8 Å². The monoisotopic (exact) mass is 303 g/mol. The average Bonchev–Trinajstić information content (AvgIpc) is 2.55. The summed E-state index contributed by atoms with van der Waals surface area (Å²) in [7, 11) is 0. The molecule has 1 aromatic carbocycles. The summed E-state index contributed by atoms with van der Waals surface area (Å²) in [5.74, 6) is -0.772. The molecule has 1 aliphatic carbocycles. The van der Waals surface area contributed by atoms with Gasteiger partial charge >= 0.3 is 0 Å². The lowest BCUT2D eigenvalue weighted by Crippen LogP contribution is -2.54. The number of carbonyl (C=O) groups excluding carboxylic acids is 2. The third-order valence-corrected chi connectivity index (χ3v) is 4.56. The van der Waals surface area contributed by atoms with E-state index in [-0.39, 0.29) is 11.9 Å². The molecule has 0 radical (unpaired) electrons. The van der Waals surface area contributed by atoms with Gasteiger partial charge in [-0.1, -0.05) is 49.6 Å². The Labute approximate surface area is 131 Å². The van der Waals surface area contributed by atoms with Crippen LogP contribution in [0.3, 0.4) is 0 Å². The summed E-state index contributed by atoms with van der Waals surface area (Å²) in [6.07, 6.45) is 4.50. The van der Waals surface area contributed by atoms with Crippen molar-refractivity contribution in [2.45, 2.75) is 44.6 Å². The van der Waals surface area contributed by atoms with Crippen LogP contribution in [0.5, 0.6) is 0 Å². The van der Waals surface area contributed by atoms with Crippen LogP contribution in [0.2, 0.25) is 0 Å². The standard InChI is InChI=1S/C17H25N3O2/c18-12-14(11-13-7-3-1-4-8-13)20-16(22)17(15(19)21)9-5-2-6-10-17/h1,3-4,7-8,14H,2,5-6,9-12,18H2,(H2,19,21)(H,20,22)/t14-/m1/s1. The van der Waals surface area contributed by atoms with E-state index in [1.807, 2.05) is 30.3 Å². The van der Waals surface area contributed by atoms with E-state index in [1.165, 1.54) is 0 Å². The maximum Gasteiger partial charge on any atom is 0.235 e. The van der Waals surface area contributed by atoms with E-state index in [0.717, 1.165) is 24.8 Å². The summed E-state index contributed by atoms with van der Waals surface area (Å²) in [5, 5.41) is 2.94. The third-order valence-electron chi connectivity index (χ3n) is 4.56. The maximum absolute atomic E-state index is 12.7. The highest BCUT2D eigenvalue weighted by Gasteiger charge is 2.45. The van der Waals surface area contributed by atoms with Crippen LogP contribution in [-0.4, -0.2) is 24.4 Å². The Morgan fingerprint density at radius 3 is 2.32 bits per heavy atom.